The van der Waals surface area contributed by atoms with E-state index < -0.39 is 0 Å². The summed E-state index contributed by atoms with van der Waals surface area (Å²) in [5.74, 6) is 0.418. The molecule has 3 heterocycles. The number of nitrogens with two attached hydrogens (primary N) is 1. The molecule has 2 aromatic carbocycles. The van der Waals surface area contributed by atoms with Crippen LogP contribution in [0.3, 0.4) is 0 Å². The van der Waals surface area contributed by atoms with Crippen molar-refractivity contribution in [2.24, 2.45) is 17.6 Å². The van der Waals surface area contributed by atoms with Gasteiger partial charge in [0.1, 0.15) is 5.69 Å². The van der Waals surface area contributed by atoms with Crippen molar-refractivity contribution in [1.82, 2.24) is 19.8 Å². The van der Waals surface area contributed by atoms with E-state index in [1.165, 1.54) is 0 Å². The second kappa shape index (κ2) is 8.07. The first-order valence-corrected chi connectivity index (χ1v) is 10.7. The Morgan fingerprint density at radius 3 is 2.26 bits per heavy atom. The minimum absolute atomic E-state index is 0.0141. The van der Waals surface area contributed by atoms with Crippen molar-refractivity contribution in [3.8, 4) is 0 Å². The SMILES string of the molecule is NC(=O)C[C@@H](c1ccccc1)N1CC2CN(C(=O)c3cnc4ccccc4n3)CC2C1. The first-order chi connectivity index (χ1) is 15.1. The summed E-state index contributed by atoms with van der Waals surface area (Å²) >= 11 is 0. The monoisotopic (exact) mass is 415 g/mol. The van der Waals surface area contributed by atoms with Crippen LogP contribution in [0.15, 0.2) is 60.8 Å². The quantitative estimate of drug-likeness (QED) is 0.690. The van der Waals surface area contributed by atoms with E-state index in [-0.39, 0.29) is 17.9 Å². The third kappa shape index (κ3) is 3.88. The number of rotatable bonds is 5. The minimum atomic E-state index is -0.294. The number of hydrogen-bond acceptors (Lipinski definition) is 5. The van der Waals surface area contributed by atoms with Crippen molar-refractivity contribution in [3.05, 3.63) is 72.1 Å². The van der Waals surface area contributed by atoms with Gasteiger partial charge in [-0.1, -0.05) is 42.5 Å². The van der Waals surface area contributed by atoms with Crippen molar-refractivity contribution in [3.63, 3.8) is 0 Å². The zero-order valence-corrected chi connectivity index (χ0v) is 17.2. The molecule has 2 aliphatic heterocycles. The summed E-state index contributed by atoms with van der Waals surface area (Å²) in [6, 6.07) is 17.6. The Morgan fingerprint density at radius 2 is 1.58 bits per heavy atom. The summed E-state index contributed by atoms with van der Waals surface area (Å²) in [7, 11) is 0. The van der Waals surface area contributed by atoms with Crippen LogP contribution in [-0.2, 0) is 4.79 Å². The smallest absolute Gasteiger partial charge is 0.274 e. The average molecular weight is 415 g/mol. The van der Waals surface area contributed by atoms with Gasteiger partial charge in [-0.25, -0.2) is 4.98 Å². The Hall–Kier alpha value is -3.32. The number of amides is 2. The maximum absolute atomic E-state index is 13.1. The molecule has 2 fully saturated rings. The summed E-state index contributed by atoms with van der Waals surface area (Å²) in [6.45, 7) is 3.11. The van der Waals surface area contributed by atoms with E-state index >= 15 is 0 Å². The molecule has 0 saturated carbocycles. The third-order valence-corrected chi connectivity index (χ3v) is 6.49. The second-order valence-corrected chi connectivity index (χ2v) is 8.53. The number of fused-ring (bicyclic) bond motifs is 2. The first-order valence-electron chi connectivity index (χ1n) is 10.7. The van der Waals surface area contributed by atoms with Gasteiger partial charge in [0.05, 0.1) is 17.2 Å². The molecular weight excluding hydrogens is 390 g/mol. The number of likely N-dealkylation sites (tertiary alicyclic amines) is 2. The normalized spacial score (nSPS) is 21.9. The van der Waals surface area contributed by atoms with Crippen molar-refractivity contribution in [2.75, 3.05) is 26.2 Å². The van der Waals surface area contributed by atoms with Gasteiger partial charge in [-0.2, -0.15) is 0 Å². The van der Waals surface area contributed by atoms with E-state index in [1.54, 1.807) is 6.20 Å². The fraction of sp³-hybridized carbons (Fsp3) is 0.333. The van der Waals surface area contributed by atoms with Crippen LogP contribution in [0, 0.1) is 11.8 Å². The third-order valence-electron chi connectivity index (χ3n) is 6.49. The zero-order chi connectivity index (χ0) is 21.4. The number of carbonyl (C=O) groups excluding carboxylic acids is 2. The van der Waals surface area contributed by atoms with Crippen LogP contribution in [0.25, 0.3) is 11.0 Å². The van der Waals surface area contributed by atoms with E-state index in [2.05, 4.69) is 27.0 Å². The van der Waals surface area contributed by atoms with Crippen LogP contribution >= 0.6 is 0 Å². The largest absolute Gasteiger partial charge is 0.370 e. The molecule has 2 amide bonds. The van der Waals surface area contributed by atoms with Gasteiger partial charge in [0.25, 0.3) is 5.91 Å². The Bertz CT molecular complexity index is 1110. The summed E-state index contributed by atoms with van der Waals surface area (Å²) in [6.07, 6.45) is 1.88. The highest BCUT2D eigenvalue weighted by atomic mass is 16.2. The maximum Gasteiger partial charge on any atom is 0.274 e. The van der Waals surface area contributed by atoms with Gasteiger partial charge < -0.3 is 10.6 Å². The first kappa shape index (κ1) is 19.6. The maximum atomic E-state index is 13.1. The molecule has 2 unspecified atom stereocenters. The van der Waals surface area contributed by atoms with E-state index in [0.717, 1.165) is 29.7 Å². The fourth-order valence-corrected chi connectivity index (χ4v) is 5.00. The van der Waals surface area contributed by atoms with Crippen molar-refractivity contribution in [2.45, 2.75) is 12.5 Å². The molecule has 3 atom stereocenters. The molecule has 0 bridgehead atoms. The highest BCUT2D eigenvalue weighted by Gasteiger charge is 2.44. The van der Waals surface area contributed by atoms with Gasteiger partial charge in [-0.15, -0.1) is 0 Å². The van der Waals surface area contributed by atoms with Crippen LogP contribution in [0.5, 0.6) is 0 Å². The standard InChI is InChI=1S/C24H25N5O2/c25-23(30)10-22(16-6-2-1-3-7-16)28-12-17-14-29(15-18(17)13-28)24(31)21-11-26-19-8-4-5-9-20(19)27-21/h1-9,11,17-18,22H,10,12-15H2,(H2,25,30)/t17?,18?,22-/m0/s1. The predicted octanol–water partition coefficient (Wildman–Crippen LogP) is 2.25. The van der Waals surface area contributed by atoms with Crippen LogP contribution in [0.4, 0.5) is 0 Å². The molecule has 1 aromatic heterocycles. The van der Waals surface area contributed by atoms with Crippen LogP contribution in [0.1, 0.15) is 28.5 Å². The van der Waals surface area contributed by atoms with Gasteiger partial charge >= 0.3 is 0 Å². The summed E-state index contributed by atoms with van der Waals surface area (Å²) in [5, 5.41) is 0. The average Bonchev–Trinajstić information content (AvgIpc) is 3.36. The molecule has 7 nitrogen and oxygen atoms in total. The van der Waals surface area contributed by atoms with Gasteiger partial charge in [-0.3, -0.25) is 19.5 Å². The highest BCUT2D eigenvalue weighted by molar-refractivity contribution is 5.94. The molecule has 2 saturated heterocycles. The van der Waals surface area contributed by atoms with Crippen LogP contribution < -0.4 is 5.73 Å². The van der Waals surface area contributed by atoms with Gasteiger partial charge in [-0.05, 0) is 29.5 Å². The second-order valence-electron chi connectivity index (χ2n) is 8.53. The summed E-state index contributed by atoms with van der Waals surface area (Å²) in [5.41, 5.74) is 8.57. The fourth-order valence-electron chi connectivity index (χ4n) is 5.00. The highest BCUT2D eigenvalue weighted by Crippen LogP contribution is 2.37. The molecule has 0 spiro atoms. The molecule has 2 aliphatic rings. The van der Waals surface area contributed by atoms with E-state index in [0.29, 0.717) is 37.0 Å². The number of benzene rings is 2. The van der Waals surface area contributed by atoms with Crippen LogP contribution in [-0.4, -0.2) is 57.8 Å². The lowest BCUT2D eigenvalue weighted by Gasteiger charge is -2.29. The molecule has 0 aliphatic carbocycles. The number of hydrogen-bond donors (Lipinski definition) is 1. The van der Waals surface area contributed by atoms with E-state index in [4.69, 9.17) is 5.73 Å². The molecule has 2 N–H and O–H groups in total. The lowest BCUT2D eigenvalue weighted by Crippen LogP contribution is -2.36. The number of primary amides is 1. The molecule has 7 heteroatoms. The van der Waals surface area contributed by atoms with Gasteiger partial charge in [0, 0.05) is 38.6 Å². The Balaban J connectivity index is 1.28. The molecule has 158 valence electrons. The topological polar surface area (TPSA) is 92.4 Å². The lowest BCUT2D eigenvalue weighted by molar-refractivity contribution is -0.119. The van der Waals surface area contributed by atoms with E-state index in [1.807, 2.05) is 47.4 Å². The van der Waals surface area contributed by atoms with Crippen LogP contribution in [0.2, 0.25) is 0 Å². The molecule has 0 radical (unpaired) electrons. The molecular formula is C24H25N5O2. The Kier molecular flexibility index (Phi) is 5.11. The Morgan fingerprint density at radius 1 is 0.935 bits per heavy atom. The van der Waals surface area contributed by atoms with Crippen molar-refractivity contribution < 1.29 is 9.59 Å². The number of nitrogens with zero attached hydrogens (tertiary/aromatic N) is 4. The summed E-state index contributed by atoms with van der Waals surface area (Å²) < 4.78 is 0. The Labute approximate surface area is 180 Å². The lowest BCUT2D eigenvalue weighted by atomic mass is 10.0. The van der Waals surface area contributed by atoms with E-state index in [9.17, 15) is 9.59 Å². The number of aromatic nitrogens is 2. The van der Waals surface area contributed by atoms with Crippen molar-refractivity contribution >= 4 is 22.8 Å². The molecule has 5 rings (SSSR count). The zero-order valence-electron chi connectivity index (χ0n) is 17.2. The molecule has 3 aromatic rings. The number of para-hydroxylation sites is 2. The number of carbonyl (C=O) groups is 2. The minimum Gasteiger partial charge on any atom is -0.370 e. The van der Waals surface area contributed by atoms with Crippen molar-refractivity contribution in [1.29, 1.82) is 0 Å². The van der Waals surface area contributed by atoms with Gasteiger partial charge in [0.15, 0.2) is 0 Å². The summed E-state index contributed by atoms with van der Waals surface area (Å²) in [4.78, 5) is 37.9. The predicted molar refractivity (Wildman–Crippen MR) is 117 cm³/mol. The molecule has 31 heavy (non-hydrogen) atoms. The van der Waals surface area contributed by atoms with Gasteiger partial charge in [0.2, 0.25) is 5.91 Å².